The van der Waals surface area contributed by atoms with E-state index in [1.165, 1.54) is 4.90 Å². The second-order valence-corrected chi connectivity index (χ2v) is 5.84. The molecule has 3 rings (SSSR count). The van der Waals surface area contributed by atoms with Gasteiger partial charge in [-0.1, -0.05) is 18.2 Å². The highest BCUT2D eigenvalue weighted by molar-refractivity contribution is 6.05. The fraction of sp³-hybridized carbons (Fsp3) is 0.438. The average molecular weight is 286 g/mol. The lowest BCUT2D eigenvalue weighted by Crippen LogP contribution is -2.56. The van der Waals surface area contributed by atoms with Gasteiger partial charge in [0.1, 0.15) is 6.04 Å². The largest absolute Gasteiger partial charge is 0.322 e. The van der Waals surface area contributed by atoms with Crippen LogP contribution in [0.4, 0.5) is 0 Å². The van der Waals surface area contributed by atoms with Crippen molar-refractivity contribution in [2.24, 2.45) is 0 Å². The van der Waals surface area contributed by atoms with Crippen LogP contribution in [-0.2, 0) is 16.1 Å². The molecule has 5 heteroatoms. The molecule has 1 aromatic rings. The number of fused-ring (bicyclic) bond motifs is 1. The molecule has 1 aromatic carbocycles. The summed E-state index contributed by atoms with van der Waals surface area (Å²) in [7, 11) is 0. The Morgan fingerprint density at radius 3 is 2.52 bits per heavy atom. The summed E-state index contributed by atoms with van der Waals surface area (Å²) >= 11 is 0. The Morgan fingerprint density at radius 1 is 1.14 bits per heavy atom. The molecule has 1 fully saturated rings. The molecule has 0 aliphatic carbocycles. The van der Waals surface area contributed by atoms with Crippen LogP contribution >= 0.6 is 0 Å². The van der Waals surface area contributed by atoms with E-state index in [9.17, 15) is 14.4 Å². The van der Waals surface area contributed by atoms with Crippen molar-refractivity contribution < 1.29 is 14.4 Å². The van der Waals surface area contributed by atoms with Gasteiger partial charge in [-0.05, 0) is 31.9 Å². The monoisotopic (exact) mass is 286 g/mol. The van der Waals surface area contributed by atoms with Crippen LogP contribution in [0.5, 0.6) is 0 Å². The molecule has 0 aromatic heterocycles. The van der Waals surface area contributed by atoms with Gasteiger partial charge in [0.05, 0.1) is 0 Å². The summed E-state index contributed by atoms with van der Waals surface area (Å²) in [5, 5.41) is 0. The quantitative estimate of drug-likeness (QED) is 0.775. The number of likely N-dealkylation sites (tertiary alicyclic amines) is 1. The SMILES string of the molecule is CC(C)N1C(=O)CCC(N2Cc3ccccc3C2=O)C1=O. The van der Waals surface area contributed by atoms with Crippen LogP contribution in [0, 0.1) is 0 Å². The minimum atomic E-state index is -0.523. The number of benzene rings is 1. The molecule has 5 nitrogen and oxygen atoms in total. The maximum Gasteiger partial charge on any atom is 0.255 e. The van der Waals surface area contributed by atoms with Crippen molar-refractivity contribution in [3.05, 3.63) is 35.4 Å². The fourth-order valence-electron chi connectivity index (χ4n) is 3.15. The molecule has 2 aliphatic rings. The van der Waals surface area contributed by atoms with Crippen molar-refractivity contribution in [1.82, 2.24) is 9.80 Å². The zero-order valence-corrected chi connectivity index (χ0v) is 12.2. The number of carbonyl (C=O) groups excluding carboxylic acids is 3. The van der Waals surface area contributed by atoms with E-state index in [4.69, 9.17) is 0 Å². The highest BCUT2D eigenvalue weighted by Gasteiger charge is 2.43. The molecular weight excluding hydrogens is 268 g/mol. The summed E-state index contributed by atoms with van der Waals surface area (Å²) in [6.07, 6.45) is 0.731. The van der Waals surface area contributed by atoms with E-state index in [0.717, 1.165) is 5.56 Å². The molecular formula is C16H18N2O3. The van der Waals surface area contributed by atoms with Gasteiger partial charge in [0.25, 0.3) is 11.8 Å². The average Bonchev–Trinajstić information content (AvgIpc) is 2.76. The Bertz CT molecular complexity index is 624. The van der Waals surface area contributed by atoms with Gasteiger partial charge in [0.15, 0.2) is 0 Å². The Morgan fingerprint density at radius 2 is 1.86 bits per heavy atom. The minimum absolute atomic E-state index is 0.109. The number of hydrogen-bond donors (Lipinski definition) is 0. The number of carbonyl (C=O) groups is 3. The van der Waals surface area contributed by atoms with Crippen LogP contribution in [0.3, 0.4) is 0 Å². The number of imide groups is 1. The smallest absolute Gasteiger partial charge is 0.255 e. The molecule has 1 unspecified atom stereocenters. The second kappa shape index (κ2) is 4.98. The maximum atomic E-state index is 12.6. The van der Waals surface area contributed by atoms with Gasteiger partial charge in [-0.15, -0.1) is 0 Å². The third-order valence-electron chi connectivity index (χ3n) is 4.16. The van der Waals surface area contributed by atoms with Crippen LogP contribution in [0.25, 0.3) is 0 Å². The predicted molar refractivity (Wildman–Crippen MR) is 76.3 cm³/mol. The van der Waals surface area contributed by atoms with E-state index in [2.05, 4.69) is 0 Å². The molecule has 0 bridgehead atoms. The normalized spacial score (nSPS) is 22.2. The van der Waals surface area contributed by atoms with Gasteiger partial charge in [0.2, 0.25) is 5.91 Å². The molecule has 0 saturated carbocycles. The number of nitrogens with zero attached hydrogens (tertiary/aromatic N) is 2. The van der Waals surface area contributed by atoms with Crippen LogP contribution in [0.1, 0.15) is 42.6 Å². The fourth-order valence-corrected chi connectivity index (χ4v) is 3.15. The summed E-state index contributed by atoms with van der Waals surface area (Å²) in [5.41, 5.74) is 1.61. The van der Waals surface area contributed by atoms with Crippen molar-refractivity contribution in [1.29, 1.82) is 0 Å². The van der Waals surface area contributed by atoms with E-state index < -0.39 is 6.04 Å². The lowest BCUT2D eigenvalue weighted by atomic mass is 10.0. The Balaban J connectivity index is 1.87. The Labute approximate surface area is 123 Å². The molecule has 2 aliphatic heterocycles. The first-order valence-corrected chi connectivity index (χ1v) is 7.25. The second-order valence-electron chi connectivity index (χ2n) is 5.84. The molecule has 1 atom stereocenters. The molecule has 110 valence electrons. The first-order valence-electron chi connectivity index (χ1n) is 7.25. The molecule has 1 saturated heterocycles. The summed E-state index contributed by atoms with van der Waals surface area (Å²) in [6.45, 7) is 4.09. The summed E-state index contributed by atoms with van der Waals surface area (Å²) < 4.78 is 0. The summed E-state index contributed by atoms with van der Waals surface area (Å²) in [5.74, 6) is -0.500. The van der Waals surface area contributed by atoms with Gasteiger partial charge in [-0.2, -0.15) is 0 Å². The predicted octanol–water partition coefficient (Wildman–Crippen LogP) is 1.57. The van der Waals surface area contributed by atoms with Crippen LogP contribution in [0.15, 0.2) is 24.3 Å². The van der Waals surface area contributed by atoms with Gasteiger partial charge >= 0.3 is 0 Å². The maximum absolute atomic E-state index is 12.6. The van der Waals surface area contributed by atoms with Crippen molar-refractivity contribution in [2.75, 3.05) is 0 Å². The number of amides is 3. The summed E-state index contributed by atoms with van der Waals surface area (Å²) in [6, 6.07) is 6.72. The topological polar surface area (TPSA) is 57.7 Å². The molecule has 2 heterocycles. The molecule has 0 N–H and O–H groups in total. The van der Waals surface area contributed by atoms with Gasteiger partial charge in [0, 0.05) is 24.6 Å². The molecule has 21 heavy (non-hydrogen) atoms. The van der Waals surface area contributed by atoms with Crippen molar-refractivity contribution >= 4 is 17.7 Å². The zero-order valence-electron chi connectivity index (χ0n) is 12.2. The van der Waals surface area contributed by atoms with Crippen molar-refractivity contribution in [3.8, 4) is 0 Å². The lowest BCUT2D eigenvalue weighted by molar-refractivity contribution is -0.154. The van der Waals surface area contributed by atoms with E-state index in [-0.39, 0.29) is 23.8 Å². The van der Waals surface area contributed by atoms with Gasteiger partial charge in [-0.25, -0.2) is 0 Å². The molecule has 0 spiro atoms. The van der Waals surface area contributed by atoms with Crippen LogP contribution < -0.4 is 0 Å². The third kappa shape index (κ3) is 2.13. The van der Waals surface area contributed by atoms with E-state index >= 15 is 0 Å². The number of rotatable bonds is 2. The van der Waals surface area contributed by atoms with E-state index in [0.29, 0.717) is 24.9 Å². The van der Waals surface area contributed by atoms with Crippen molar-refractivity contribution in [2.45, 2.75) is 45.3 Å². The van der Waals surface area contributed by atoms with Crippen molar-refractivity contribution in [3.63, 3.8) is 0 Å². The number of piperidine rings is 1. The van der Waals surface area contributed by atoms with Gasteiger partial charge in [-0.3, -0.25) is 19.3 Å². The Kier molecular flexibility index (Phi) is 3.27. The standard InChI is InChI=1S/C16H18N2O3/c1-10(2)18-14(19)8-7-13(16(18)21)17-9-11-5-3-4-6-12(11)15(17)20/h3-6,10,13H,7-9H2,1-2H3. The minimum Gasteiger partial charge on any atom is -0.322 e. The van der Waals surface area contributed by atoms with Crippen LogP contribution in [0.2, 0.25) is 0 Å². The van der Waals surface area contributed by atoms with E-state index in [1.807, 2.05) is 32.0 Å². The number of hydrogen-bond acceptors (Lipinski definition) is 3. The van der Waals surface area contributed by atoms with E-state index in [1.54, 1.807) is 11.0 Å². The van der Waals surface area contributed by atoms with Crippen LogP contribution in [-0.4, -0.2) is 39.6 Å². The molecule has 0 radical (unpaired) electrons. The first kappa shape index (κ1) is 13.8. The first-order chi connectivity index (χ1) is 10.0. The molecule has 3 amide bonds. The van der Waals surface area contributed by atoms with Gasteiger partial charge < -0.3 is 4.90 Å². The third-order valence-corrected chi connectivity index (χ3v) is 4.16. The highest BCUT2D eigenvalue weighted by Crippen LogP contribution is 2.29. The highest BCUT2D eigenvalue weighted by atomic mass is 16.2. The lowest BCUT2D eigenvalue weighted by Gasteiger charge is -2.37. The summed E-state index contributed by atoms with van der Waals surface area (Å²) in [4.78, 5) is 39.9. The zero-order chi connectivity index (χ0) is 15.1. The Hall–Kier alpha value is -2.17.